The van der Waals surface area contributed by atoms with Gasteiger partial charge in [-0.3, -0.25) is 4.79 Å². The summed E-state index contributed by atoms with van der Waals surface area (Å²) in [6.45, 7) is 6.26. The number of hydrogen-bond acceptors (Lipinski definition) is 3. The second-order valence-electron chi connectivity index (χ2n) is 4.84. The van der Waals surface area contributed by atoms with E-state index in [9.17, 15) is 9.59 Å². The minimum Gasteiger partial charge on any atom is -0.352 e. The van der Waals surface area contributed by atoms with E-state index < -0.39 is 12.1 Å². The van der Waals surface area contributed by atoms with Gasteiger partial charge in [-0.05, 0) is 13.3 Å². The topological polar surface area (TPSA) is 87.5 Å². The van der Waals surface area contributed by atoms with Crippen LogP contribution in [-0.4, -0.2) is 48.6 Å². The van der Waals surface area contributed by atoms with Gasteiger partial charge in [-0.2, -0.15) is 0 Å². The molecule has 0 spiro atoms. The van der Waals surface area contributed by atoms with E-state index in [0.29, 0.717) is 25.6 Å². The molecule has 1 heterocycles. The number of nitrogens with zero attached hydrogens (tertiary/aromatic N) is 1. The van der Waals surface area contributed by atoms with Crippen molar-refractivity contribution in [2.75, 3.05) is 19.6 Å². The molecule has 1 rings (SSSR count). The van der Waals surface area contributed by atoms with Crippen molar-refractivity contribution in [1.82, 2.24) is 15.5 Å². The molecule has 0 aliphatic carbocycles. The molecule has 1 fully saturated rings. The summed E-state index contributed by atoms with van der Waals surface area (Å²) in [5.74, 6) is -0.0180. The van der Waals surface area contributed by atoms with Gasteiger partial charge in [0, 0.05) is 25.7 Å². The van der Waals surface area contributed by atoms with Gasteiger partial charge in [-0.15, -0.1) is 12.4 Å². The molecule has 1 aliphatic rings. The van der Waals surface area contributed by atoms with Crippen molar-refractivity contribution in [3.05, 3.63) is 0 Å². The highest BCUT2D eigenvalue weighted by Gasteiger charge is 2.27. The summed E-state index contributed by atoms with van der Waals surface area (Å²) in [7, 11) is 0. The molecule has 1 saturated heterocycles. The summed E-state index contributed by atoms with van der Waals surface area (Å²) < 4.78 is 0. The zero-order valence-electron chi connectivity index (χ0n) is 11.6. The van der Waals surface area contributed by atoms with Gasteiger partial charge in [-0.1, -0.05) is 19.8 Å². The first kappa shape index (κ1) is 18.0. The Morgan fingerprint density at radius 1 is 1.53 bits per heavy atom. The second-order valence-corrected chi connectivity index (χ2v) is 4.84. The molecular formula is C12H25ClN4O2. The number of carbonyl (C=O) groups excluding carboxylic acids is 2. The molecule has 0 aromatic rings. The van der Waals surface area contributed by atoms with Gasteiger partial charge in [0.1, 0.15) is 6.04 Å². The van der Waals surface area contributed by atoms with Gasteiger partial charge in [0.15, 0.2) is 0 Å². The van der Waals surface area contributed by atoms with Crippen molar-refractivity contribution in [2.24, 2.45) is 5.73 Å². The quantitative estimate of drug-likeness (QED) is 0.688. The molecule has 0 radical (unpaired) electrons. The molecule has 1 aliphatic heterocycles. The molecular weight excluding hydrogens is 268 g/mol. The number of unbranched alkanes of at least 4 members (excludes halogenated alkanes) is 1. The number of nitrogens with one attached hydrogen (secondary N) is 2. The fraction of sp³-hybridized carbons (Fsp3) is 0.833. The van der Waals surface area contributed by atoms with Crippen LogP contribution >= 0.6 is 12.4 Å². The standard InChI is InChI=1S/C12H24N4O2.ClH/c1-3-4-5-10(15-12(13)18)11(17)16-7-6-14-9(2)8-16;/h9-10,14H,3-8H2,1-2H3,(H3,13,15,18);1H. The second kappa shape index (κ2) is 8.98. The monoisotopic (exact) mass is 292 g/mol. The molecule has 0 aromatic heterocycles. The number of rotatable bonds is 5. The molecule has 2 atom stereocenters. The van der Waals surface area contributed by atoms with Gasteiger partial charge < -0.3 is 21.3 Å². The van der Waals surface area contributed by atoms with Crippen molar-refractivity contribution in [2.45, 2.75) is 45.2 Å². The highest BCUT2D eigenvalue weighted by Crippen LogP contribution is 2.07. The van der Waals surface area contributed by atoms with Crippen LogP contribution in [0.3, 0.4) is 0 Å². The first-order valence-corrected chi connectivity index (χ1v) is 6.62. The van der Waals surface area contributed by atoms with Crippen LogP contribution in [0.1, 0.15) is 33.1 Å². The highest BCUT2D eigenvalue weighted by molar-refractivity contribution is 5.86. The van der Waals surface area contributed by atoms with Crippen LogP contribution in [0.5, 0.6) is 0 Å². The van der Waals surface area contributed by atoms with E-state index in [2.05, 4.69) is 17.6 Å². The maximum Gasteiger partial charge on any atom is 0.312 e. The first-order chi connectivity index (χ1) is 8.54. The van der Waals surface area contributed by atoms with Gasteiger partial charge in [-0.25, -0.2) is 4.79 Å². The normalized spacial score (nSPS) is 20.3. The summed E-state index contributed by atoms with van der Waals surface area (Å²) in [6, 6.07) is -0.816. The SMILES string of the molecule is CCCCC(NC(N)=O)C(=O)N1CCNC(C)C1.Cl. The minimum atomic E-state index is -0.632. The lowest BCUT2D eigenvalue weighted by molar-refractivity contribution is -0.134. The first-order valence-electron chi connectivity index (χ1n) is 6.62. The Bertz CT molecular complexity index is 301. The molecule has 7 heteroatoms. The lowest BCUT2D eigenvalue weighted by Crippen LogP contribution is -2.57. The van der Waals surface area contributed by atoms with Gasteiger partial charge in [0.05, 0.1) is 0 Å². The van der Waals surface area contributed by atoms with Crippen LogP contribution in [0.25, 0.3) is 0 Å². The Labute approximate surface area is 120 Å². The van der Waals surface area contributed by atoms with E-state index >= 15 is 0 Å². The van der Waals surface area contributed by atoms with Crippen LogP contribution in [0.4, 0.5) is 4.79 Å². The van der Waals surface area contributed by atoms with Gasteiger partial charge >= 0.3 is 6.03 Å². The Kier molecular flexibility index (Phi) is 8.51. The molecule has 19 heavy (non-hydrogen) atoms. The largest absolute Gasteiger partial charge is 0.352 e. The van der Waals surface area contributed by atoms with Crippen molar-refractivity contribution in [3.8, 4) is 0 Å². The van der Waals surface area contributed by atoms with Crippen LogP contribution in [0.15, 0.2) is 0 Å². The highest BCUT2D eigenvalue weighted by atomic mass is 35.5. The molecule has 112 valence electrons. The van der Waals surface area contributed by atoms with Crippen LogP contribution in [-0.2, 0) is 4.79 Å². The summed E-state index contributed by atoms with van der Waals surface area (Å²) in [5.41, 5.74) is 5.13. The zero-order chi connectivity index (χ0) is 13.5. The van der Waals surface area contributed by atoms with E-state index in [4.69, 9.17) is 5.73 Å². The number of carbonyl (C=O) groups is 2. The molecule has 0 bridgehead atoms. The Morgan fingerprint density at radius 3 is 2.74 bits per heavy atom. The van der Waals surface area contributed by atoms with Crippen molar-refractivity contribution in [1.29, 1.82) is 0 Å². The number of amides is 3. The number of urea groups is 1. The van der Waals surface area contributed by atoms with E-state index in [1.54, 1.807) is 4.90 Å². The average molecular weight is 293 g/mol. The number of primary amides is 1. The van der Waals surface area contributed by atoms with E-state index in [1.807, 2.05) is 6.92 Å². The van der Waals surface area contributed by atoms with Crippen LogP contribution in [0, 0.1) is 0 Å². The Morgan fingerprint density at radius 2 is 2.21 bits per heavy atom. The molecule has 2 unspecified atom stereocenters. The molecule has 0 saturated carbocycles. The third-order valence-electron chi connectivity index (χ3n) is 3.14. The predicted octanol–water partition coefficient (Wildman–Crippen LogP) is 0.456. The smallest absolute Gasteiger partial charge is 0.312 e. The fourth-order valence-electron chi connectivity index (χ4n) is 2.19. The lowest BCUT2D eigenvalue weighted by Gasteiger charge is -2.34. The number of hydrogen-bond donors (Lipinski definition) is 3. The lowest BCUT2D eigenvalue weighted by atomic mass is 10.1. The van der Waals surface area contributed by atoms with Crippen LogP contribution in [0.2, 0.25) is 0 Å². The maximum absolute atomic E-state index is 12.3. The maximum atomic E-state index is 12.3. The van der Waals surface area contributed by atoms with Crippen molar-refractivity contribution >= 4 is 24.3 Å². The minimum absolute atomic E-state index is 0. The third-order valence-corrected chi connectivity index (χ3v) is 3.14. The Balaban J connectivity index is 0.00000324. The summed E-state index contributed by atoms with van der Waals surface area (Å²) in [4.78, 5) is 25.1. The summed E-state index contributed by atoms with van der Waals surface area (Å²) in [6.07, 6.45) is 2.54. The average Bonchev–Trinajstić information content (AvgIpc) is 2.33. The van der Waals surface area contributed by atoms with E-state index in [-0.39, 0.29) is 18.3 Å². The van der Waals surface area contributed by atoms with E-state index in [0.717, 1.165) is 19.4 Å². The predicted molar refractivity (Wildman–Crippen MR) is 77.3 cm³/mol. The Hall–Kier alpha value is -1.01. The van der Waals surface area contributed by atoms with Gasteiger partial charge in [0.25, 0.3) is 0 Å². The molecule has 6 nitrogen and oxygen atoms in total. The summed E-state index contributed by atoms with van der Waals surface area (Å²) in [5, 5.41) is 5.84. The van der Waals surface area contributed by atoms with Crippen LogP contribution < -0.4 is 16.4 Å². The summed E-state index contributed by atoms with van der Waals surface area (Å²) >= 11 is 0. The van der Waals surface area contributed by atoms with Gasteiger partial charge in [0.2, 0.25) is 5.91 Å². The number of nitrogens with two attached hydrogens (primary N) is 1. The molecule has 4 N–H and O–H groups in total. The fourth-order valence-corrected chi connectivity index (χ4v) is 2.19. The van der Waals surface area contributed by atoms with Crippen molar-refractivity contribution in [3.63, 3.8) is 0 Å². The molecule has 0 aromatic carbocycles. The van der Waals surface area contributed by atoms with E-state index in [1.165, 1.54) is 0 Å². The molecule has 3 amide bonds. The zero-order valence-corrected chi connectivity index (χ0v) is 12.5. The number of halogens is 1. The van der Waals surface area contributed by atoms with Crippen molar-refractivity contribution < 1.29 is 9.59 Å². The third kappa shape index (κ3) is 6.11. The number of piperazine rings is 1.